The summed E-state index contributed by atoms with van der Waals surface area (Å²) in [5.41, 5.74) is -4.33. The van der Waals surface area contributed by atoms with Gasteiger partial charge in [-0.2, -0.15) is 13.2 Å². The van der Waals surface area contributed by atoms with Crippen LogP contribution in [0.15, 0.2) is 53.8 Å². The number of fused-ring (bicyclic) bond motifs is 6. The van der Waals surface area contributed by atoms with Gasteiger partial charge >= 0.3 is 18.1 Å². The Balaban J connectivity index is 1.32. The van der Waals surface area contributed by atoms with E-state index in [2.05, 4.69) is 9.88 Å². The Morgan fingerprint density at radius 3 is 2.49 bits per heavy atom. The number of carbonyl (C=O) groups is 3. The van der Waals surface area contributed by atoms with E-state index < -0.39 is 87.5 Å². The molecule has 61 heavy (non-hydrogen) atoms. The fraction of sp³-hybridized carbons (Fsp3) is 0.622. The lowest BCUT2D eigenvalue weighted by atomic mass is 9.47. The Morgan fingerprint density at radius 2 is 1.85 bits per heavy atom. The first-order chi connectivity index (χ1) is 28.7. The molecular weight excluding hydrogens is 804 g/mol. The van der Waals surface area contributed by atoms with Gasteiger partial charge in [0, 0.05) is 98.3 Å². The van der Waals surface area contributed by atoms with E-state index in [0.29, 0.717) is 61.2 Å². The lowest BCUT2D eigenvalue weighted by molar-refractivity contribution is -0.226. The number of methoxy groups -OCH3 is 2. The van der Waals surface area contributed by atoms with Crippen molar-refractivity contribution in [1.29, 1.82) is 0 Å². The average molecular weight is 857 g/mol. The minimum absolute atomic E-state index is 0.00153. The summed E-state index contributed by atoms with van der Waals surface area (Å²) in [6.45, 7) is 5.57. The maximum Gasteiger partial charge on any atom is 0.416 e. The van der Waals surface area contributed by atoms with Crippen LogP contribution < -0.4 is 0 Å². The number of esters is 2. The van der Waals surface area contributed by atoms with Crippen molar-refractivity contribution in [3.05, 3.63) is 70.6 Å². The van der Waals surface area contributed by atoms with Crippen LogP contribution in [0, 0.1) is 28.6 Å². The first kappa shape index (κ1) is 42.2. The minimum Gasteiger partial charge on any atom is -0.468 e. The fourth-order valence-electron chi connectivity index (χ4n) is 13.7. The van der Waals surface area contributed by atoms with Crippen molar-refractivity contribution >= 4 is 29.1 Å². The number of carbonyl (C=O) groups excluding carboxylic acids is 3. The van der Waals surface area contributed by atoms with E-state index in [4.69, 9.17) is 14.2 Å². The van der Waals surface area contributed by atoms with Crippen LogP contribution in [0.3, 0.4) is 0 Å². The molecule has 4 fully saturated rings. The molecule has 1 saturated carbocycles. The van der Waals surface area contributed by atoms with Gasteiger partial charge in [0.05, 0.1) is 24.8 Å². The van der Waals surface area contributed by atoms with Crippen LogP contribution in [0.5, 0.6) is 0 Å². The molecule has 16 heteroatoms. The van der Waals surface area contributed by atoms with Crippen LogP contribution in [0.25, 0.3) is 10.9 Å². The van der Waals surface area contributed by atoms with E-state index in [9.17, 15) is 27.9 Å². The number of likely N-dealkylation sites (tertiary alicyclic amines) is 1. The van der Waals surface area contributed by atoms with Crippen LogP contribution in [-0.4, -0.2) is 126 Å². The number of nitrogens with one attached hydrogen (secondary N) is 1. The number of halogens is 5. The number of alkyl halides is 5. The van der Waals surface area contributed by atoms with Gasteiger partial charge in [-0.15, -0.1) is 0 Å². The molecule has 2 aliphatic carbocycles. The molecule has 2 N–H and O–H groups in total. The first-order valence-electron chi connectivity index (χ1n) is 21.1. The number of nitrogens with zero attached hydrogens (tertiary/aromatic N) is 3. The van der Waals surface area contributed by atoms with E-state index in [1.807, 2.05) is 41.0 Å². The zero-order valence-electron chi connectivity index (χ0n) is 35.2. The summed E-state index contributed by atoms with van der Waals surface area (Å²) in [5.74, 6) is -6.90. The molecule has 2 bridgehead atoms. The van der Waals surface area contributed by atoms with Crippen molar-refractivity contribution in [2.24, 2.45) is 28.6 Å². The Bertz CT molecular complexity index is 2270. The highest BCUT2D eigenvalue weighted by Crippen LogP contribution is 2.70. The number of hydrogen-bond acceptors (Lipinski definition) is 10. The summed E-state index contributed by atoms with van der Waals surface area (Å²) in [7, 11) is 4.52. The highest BCUT2D eigenvalue weighted by Gasteiger charge is 2.79. The van der Waals surface area contributed by atoms with Crippen molar-refractivity contribution in [2.45, 2.75) is 100 Å². The number of rotatable bonds is 7. The fourth-order valence-corrected chi connectivity index (χ4v) is 13.7. The molecule has 3 saturated heterocycles. The van der Waals surface area contributed by atoms with Crippen LogP contribution in [0.4, 0.5) is 22.0 Å². The second kappa shape index (κ2) is 13.9. The quantitative estimate of drug-likeness (QED) is 0.154. The van der Waals surface area contributed by atoms with Crippen LogP contribution in [0.1, 0.15) is 63.3 Å². The summed E-state index contributed by atoms with van der Waals surface area (Å²) >= 11 is 0. The van der Waals surface area contributed by atoms with Gasteiger partial charge in [0.25, 0.3) is 0 Å². The second-order valence-electron chi connectivity index (χ2n) is 18.8. The molecule has 1 spiro atoms. The summed E-state index contributed by atoms with van der Waals surface area (Å²) < 4.78 is 91.7. The zero-order chi connectivity index (χ0) is 43.8. The lowest BCUT2D eigenvalue weighted by Crippen LogP contribution is -2.78. The predicted molar refractivity (Wildman–Crippen MR) is 212 cm³/mol. The Kier molecular flexibility index (Phi) is 9.64. The van der Waals surface area contributed by atoms with Crippen molar-refractivity contribution < 1.29 is 55.7 Å². The van der Waals surface area contributed by atoms with Gasteiger partial charge in [0.2, 0.25) is 5.92 Å². The molecule has 1 aromatic carbocycles. The summed E-state index contributed by atoms with van der Waals surface area (Å²) in [5, 5.41) is 13.2. The molecule has 9 rings (SSSR count). The van der Waals surface area contributed by atoms with Crippen LogP contribution in [0.2, 0.25) is 0 Å². The van der Waals surface area contributed by atoms with Crippen LogP contribution in [-0.2, 0) is 46.7 Å². The number of aromatic amines is 1. The zero-order valence-corrected chi connectivity index (χ0v) is 35.2. The number of aromatic nitrogens is 1. The molecule has 2 aromatic rings. The van der Waals surface area contributed by atoms with E-state index in [-0.39, 0.29) is 37.4 Å². The number of benzene rings is 1. The molecule has 11 nitrogen and oxygen atoms in total. The van der Waals surface area contributed by atoms with Gasteiger partial charge in [0.15, 0.2) is 11.9 Å². The summed E-state index contributed by atoms with van der Waals surface area (Å²) in [6.07, 6.45) is 2.48. The largest absolute Gasteiger partial charge is 0.468 e. The highest BCUT2D eigenvalue weighted by atomic mass is 19.4. The number of aldehydes is 1. The second-order valence-corrected chi connectivity index (χ2v) is 18.8. The number of aliphatic hydroxyl groups is 1. The number of H-pyrrole nitrogens is 1. The number of allylic oxidation sites excluding steroid dienone is 1. The Labute approximate surface area is 350 Å². The average Bonchev–Trinajstić information content (AvgIpc) is 3.86. The topological polar surface area (TPSA) is 125 Å². The van der Waals surface area contributed by atoms with E-state index >= 15 is 13.6 Å². The van der Waals surface area contributed by atoms with E-state index in [0.717, 1.165) is 24.6 Å². The number of hydrogen-bond donors (Lipinski definition) is 2. The predicted octanol–water partition coefficient (Wildman–Crippen LogP) is 5.77. The maximum atomic E-state index is 15.4. The third kappa shape index (κ3) is 5.69. The molecule has 5 aliphatic heterocycles. The van der Waals surface area contributed by atoms with Gasteiger partial charge < -0.3 is 29.2 Å². The summed E-state index contributed by atoms with van der Waals surface area (Å²) in [6, 6.07) is 2.04. The number of ether oxygens (including phenoxy) is 3. The highest BCUT2D eigenvalue weighted by molar-refractivity contribution is 5.92. The van der Waals surface area contributed by atoms with Crippen molar-refractivity contribution in [1.82, 2.24) is 19.7 Å². The smallest absolute Gasteiger partial charge is 0.416 e. The summed E-state index contributed by atoms with van der Waals surface area (Å²) in [4.78, 5) is 51.0. The Morgan fingerprint density at radius 1 is 1.10 bits per heavy atom. The maximum absolute atomic E-state index is 15.4. The first-order valence-corrected chi connectivity index (χ1v) is 21.1. The van der Waals surface area contributed by atoms with Gasteiger partial charge in [-0.05, 0) is 80.5 Å². The third-order valence-electron chi connectivity index (χ3n) is 15.8. The van der Waals surface area contributed by atoms with E-state index in [1.54, 1.807) is 7.05 Å². The van der Waals surface area contributed by atoms with Gasteiger partial charge in [-0.3, -0.25) is 24.2 Å². The molecule has 6 heterocycles. The molecule has 4 unspecified atom stereocenters. The minimum atomic E-state index is -4.68. The van der Waals surface area contributed by atoms with Crippen molar-refractivity contribution in [3.63, 3.8) is 0 Å². The molecule has 12 atom stereocenters. The van der Waals surface area contributed by atoms with Crippen molar-refractivity contribution in [3.8, 4) is 0 Å². The van der Waals surface area contributed by atoms with Gasteiger partial charge in [-0.1, -0.05) is 25.2 Å². The van der Waals surface area contributed by atoms with Gasteiger partial charge in [-0.25, -0.2) is 8.78 Å². The van der Waals surface area contributed by atoms with E-state index in [1.165, 1.54) is 27.2 Å². The molecular formula is C45H53F5N4O7. The molecule has 7 aliphatic rings. The number of likely N-dealkylation sites (N-methyl/N-ethyl adjacent to an activating group) is 1. The third-order valence-corrected chi connectivity index (χ3v) is 15.8. The van der Waals surface area contributed by atoms with Crippen molar-refractivity contribution in [2.75, 3.05) is 47.4 Å². The molecule has 1 aromatic heterocycles. The van der Waals surface area contributed by atoms with Crippen LogP contribution >= 0.6 is 0 Å². The molecule has 330 valence electrons. The monoisotopic (exact) mass is 856 g/mol. The lowest BCUT2D eigenvalue weighted by Gasteiger charge is -2.63. The Hall–Kier alpha value is -4.12. The standard InChI is InChI=1S/C45H53F5N4O7/c1-7-41-11-8-13-54-14-12-42(36(41)54)30-17-31(34(59-5)18-33(30)52(4)37(42)44(58,23-55)38(41)61-24(2)56)43(39(57)60-6)19-25-15-27(40(3,46)47)21-53(20-25)22-29-28-16-26(45(48,49)50)9-10-32(28)51-35(29)43/h8-11,16-18,23,25,27,31,34,36-38,51,58H,7,12-15,19-22H2,1-6H3/t25-,27?,31?,34?,36+,37-,38-,41-,42-,43+,44+/m1/s1. The number of piperidine rings is 1. The SMILES string of the molecule is CC[C@]12C=CCN3CC[C@@]4(C5=CC([C@@]6(C(=O)OC)C[C@H]7CC(C(C)(F)F)CN(Cc8c6[nH]c6ccc(C(F)(F)F)cc86)C7)C(OC)C=C5N(C)[C@H]4[C@@](O)(C=O)[C@@H]1OC(C)=O)[C@@H]32. The molecule has 0 radical (unpaired) electrons. The normalized spacial score (nSPS) is 39.2. The van der Waals surface area contributed by atoms with Gasteiger partial charge in [0.1, 0.15) is 11.5 Å². The molecule has 0 amide bonds.